The van der Waals surface area contributed by atoms with E-state index in [0.29, 0.717) is 16.3 Å². The Bertz CT molecular complexity index is 770. The Balaban J connectivity index is 2.56. The van der Waals surface area contributed by atoms with E-state index in [1.54, 1.807) is 12.1 Å². The Labute approximate surface area is 136 Å². The first kappa shape index (κ1) is 17.5. The summed E-state index contributed by atoms with van der Waals surface area (Å²) in [6.07, 6.45) is -3.50. The molecule has 1 aromatic carbocycles. The highest BCUT2D eigenvalue weighted by Crippen LogP contribution is 2.22. The third kappa shape index (κ3) is 4.31. The molecule has 0 bridgehead atoms. The van der Waals surface area contributed by atoms with Crippen LogP contribution < -0.4 is 4.80 Å². The zero-order valence-corrected chi connectivity index (χ0v) is 13.9. The van der Waals surface area contributed by atoms with Crippen LogP contribution in [0.1, 0.15) is 34.8 Å². The molecule has 0 saturated carbocycles. The maximum atomic E-state index is 12.8. The number of thiazole rings is 1. The van der Waals surface area contributed by atoms with E-state index in [-0.39, 0.29) is 10.6 Å². The standard InChI is InChI=1S/C16H17F3N2OS/c1-4-12-5-7-13(8-6-12)20-15-21(9-16(17,18)19)10(2)14(23-15)11(3)22/h5-8H,4,9H2,1-3H3. The molecule has 3 nitrogen and oxygen atoms in total. The Kier molecular flexibility index (Phi) is 5.09. The topological polar surface area (TPSA) is 34.4 Å². The molecule has 0 aliphatic rings. The molecule has 2 aromatic rings. The van der Waals surface area contributed by atoms with E-state index in [2.05, 4.69) is 4.99 Å². The van der Waals surface area contributed by atoms with E-state index in [1.165, 1.54) is 13.8 Å². The molecule has 0 fully saturated rings. The molecule has 0 saturated heterocycles. The van der Waals surface area contributed by atoms with Crippen LogP contribution in [0.5, 0.6) is 0 Å². The van der Waals surface area contributed by atoms with Gasteiger partial charge in [-0.15, -0.1) is 0 Å². The van der Waals surface area contributed by atoms with Gasteiger partial charge in [-0.1, -0.05) is 30.4 Å². The molecule has 1 aromatic heterocycles. The fraction of sp³-hybridized carbons (Fsp3) is 0.375. The number of aromatic nitrogens is 1. The van der Waals surface area contributed by atoms with E-state index in [4.69, 9.17) is 0 Å². The number of ketones is 1. The van der Waals surface area contributed by atoms with Crippen LogP contribution in [-0.4, -0.2) is 16.5 Å². The predicted octanol–water partition coefficient (Wildman–Crippen LogP) is 4.42. The third-order valence-corrected chi connectivity index (χ3v) is 4.67. The summed E-state index contributed by atoms with van der Waals surface area (Å²) in [6.45, 7) is 3.72. The van der Waals surface area contributed by atoms with Gasteiger partial charge in [0.25, 0.3) is 0 Å². The molecule has 2 rings (SSSR count). The van der Waals surface area contributed by atoms with Crippen molar-refractivity contribution in [2.45, 2.75) is 39.9 Å². The molecule has 1 heterocycles. The van der Waals surface area contributed by atoms with Crippen LogP contribution in [0, 0.1) is 6.92 Å². The van der Waals surface area contributed by atoms with Gasteiger partial charge < -0.3 is 4.57 Å². The maximum absolute atomic E-state index is 12.8. The van der Waals surface area contributed by atoms with Crippen molar-refractivity contribution >= 4 is 22.8 Å². The lowest BCUT2D eigenvalue weighted by Crippen LogP contribution is -2.26. The quantitative estimate of drug-likeness (QED) is 0.758. The van der Waals surface area contributed by atoms with Gasteiger partial charge in [-0.3, -0.25) is 4.79 Å². The summed E-state index contributed by atoms with van der Waals surface area (Å²) in [5.74, 6) is -0.258. The van der Waals surface area contributed by atoms with Crippen molar-refractivity contribution in [2.75, 3.05) is 0 Å². The van der Waals surface area contributed by atoms with Gasteiger partial charge in [0.15, 0.2) is 10.6 Å². The molecule has 0 spiro atoms. The minimum Gasteiger partial charge on any atom is -0.311 e. The summed E-state index contributed by atoms with van der Waals surface area (Å²) in [5.41, 5.74) is 1.98. The average molecular weight is 342 g/mol. The Morgan fingerprint density at radius 1 is 1.26 bits per heavy atom. The van der Waals surface area contributed by atoms with Crippen LogP contribution >= 0.6 is 11.3 Å². The fourth-order valence-electron chi connectivity index (χ4n) is 2.18. The van der Waals surface area contributed by atoms with E-state index < -0.39 is 12.7 Å². The molecule has 0 aliphatic carbocycles. The van der Waals surface area contributed by atoms with E-state index >= 15 is 0 Å². The zero-order valence-electron chi connectivity index (χ0n) is 13.1. The smallest absolute Gasteiger partial charge is 0.311 e. The largest absolute Gasteiger partial charge is 0.406 e. The van der Waals surface area contributed by atoms with Crippen LogP contribution in [0.3, 0.4) is 0 Å². The number of nitrogens with zero attached hydrogens (tertiary/aromatic N) is 2. The van der Waals surface area contributed by atoms with Crippen molar-refractivity contribution in [3.05, 3.63) is 45.2 Å². The second-order valence-corrected chi connectivity index (χ2v) is 6.17. The van der Waals surface area contributed by atoms with Crippen molar-refractivity contribution in [1.29, 1.82) is 0 Å². The number of halogens is 3. The number of aryl methyl sites for hydroxylation is 1. The molecule has 0 aliphatic heterocycles. The van der Waals surface area contributed by atoms with E-state index in [9.17, 15) is 18.0 Å². The van der Waals surface area contributed by atoms with Gasteiger partial charge in [-0.2, -0.15) is 13.2 Å². The SMILES string of the molecule is CCc1ccc(N=c2sc(C(C)=O)c(C)n2CC(F)(F)F)cc1. The van der Waals surface area contributed by atoms with Crippen molar-refractivity contribution in [3.8, 4) is 0 Å². The zero-order chi connectivity index (χ0) is 17.2. The number of hydrogen-bond acceptors (Lipinski definition) is 3. The molecule has 23 heavy (non-hydrogen) atoms. The molecule has 0 atom stereocenters. The molecule has 0 N–H and O–H groups in total. The number of carbonyl (C=O) groups is 1. The second kappa shape index (κ2) is 6.70. The van der Waals surface area contributed by atoms with Crippen molar-refractivity contribution in [1.82, 2.24) is 4.57 Å². The van der Waals surface area contributed by atoms with Crippen LogP contribution in [0.4, 0.5) is 18.9 Å². The van der Waals surface area contributed by atoms with Crippen molar-refractivity contribution in [2.24, 2.45) is 4.99 Å². The molecule has 0 radical (unpaired) electrons. The Morgan fingerprint density at radius 2 is 1.87 bits per heavy atom. The van der Waals surface area contributed by atoms with Crippen LogP contribution in [0.25, 0.3) is 0 Å². The number of Topliss-reactive ketones (excluding diaryl/α,β-unsaturated/α-hetero) is 1. The molecule has 0 unspecified atom stereocenters. The molecule has 124 valence electrons. The normalized spacial score (nSPS) is 12.7. The highest BCUT2D eigenvalue weighted by molar-refractivity contribution is 7.11. The first-order valence-electron chi connectivity index (χ1n) is 7.13. The minimum absolute atomic E-state index is 0.175. The lowest BCUT2D eigenvalue weighted by molar-refractivity contribution is -0.141. The lowest BCUT2D eigenvalue weighted by Gasteiger charge is -2.09. The number of hydrogen-bond donors (Lipinski definition) is 0. The Hall–Kier alpha value is -1.89. The highest BCUT2D eigenvalue weighted by Gasteiger charge is 2.30. The van der Waals surface area contributed by atoms with Gasteiger partial charge in [-0.05, 0) is 31.0 Å². The number of rotatable bonds is 4. The minimum atomic E-state index is -4.37. The van der Waals surface area contributed by atoms with Gasteiger partial charge in [0.1, 0.15) is 6.54 Å². The third-order valence-electron chi connectivity index (χ3n) is 3.38. The van der Waals surface area contributed by atoms with Crippen molar-refractivity contribution in [3.63, 3.8) is 0 Å². The summed E-state index contributed by atoms with van der Waals surface area (Å²) in [5, 5.41) is 0. The molecular weight excluding hydrogens is 325 g/mol. The van der Waals surface area contributed by atoms with Gasteiger partial charge in [0.05, 0.1) is 10.6 Å². The molecule has 0 amide bonds. The fourth-order valence-corrected chi connectivity index (χ4v) is 3.23. The Morgan fingerprint density at radius 3 is 2.35 bits per heavy atom. The average Bonchev–Trinajstić information content (AvgIpc) is 2.76. The highest BCUT2D eigenvalue weighted by atomic mass is 32.1. The van der Waals surface area contributed by atoms with Gasteiger partial charge in [0.2, 0.25) is 0 Å². The molecular formula is C16H17F3N2OS. The summed E-state index contributed by atoms with van der Waals surface area (Å²) >= 11 is 0.986. The molecule has 7 heteroatoms. The maximum Gasteiger partial charge on any atom is 0.406 e. The van der Waals surface area contributed by atoms with Gasteiger partial charge in [-0.25, -0.2) is 4.99 Å². The van der Waals surface area contributed by atoms with Crippen molar-refractivity contribution < 1.29 is 18.0 Å². The monoisotopic (exact) mass is 342 g/mol. The van der Waals surface area contributed by atoms with Crippen LogP contribution in [0.15, 0.2) is 29.3 Å². The number of alkyl halides is 3. The van der Waals surface area contributed by atoms with Gasteiger partial charge in [0, 0.05) is 12.6 Å². The van der Waals surface area contributed by atoms with E-state index in [1.807, 2.05) is 19.1 Å². The first-order valence-corrected chi connectivity index (χ1v) is 7.94. The lowest BCUT2D eigenvalue weighted by atomic mass is 10.2. The summed E-state index contributed by atoms with van der Waals surface area (Å²) in [6, 6.07) is 7.30. The predicted molar refractivity (Wildman–Crippen MR) is 84.1 cm³/mol. The summed E-state index contributed by atoms with van der Waals surface area (Å²) in [4.78, 5) is 16.4. The van der Waals surface area contributed by atoms with Gasteiger partial charge >= 0.3 is 6.18 Å². The van der Waals surface area contributed by atoms with E-state index in [0.717, 1.165) is 27.9 Å². The first-order chi connectivity index (χ1) is 10.7. The second-order valence-electron chi connectivity index (χ2n) is 5.19. The number of benzene rings is 1. The van der Waals surface area contributed by atoms with Crippen LogP contribution in [-0.2, 0) is 13.0 Å². The summed E-state index contributed by atoms with van der Waals surface area (Å²) in [7, 11) is 0. The number of carbonyl (C=O) groups excluding carboxylic acids is 1. The summed E-state index contributed by atoms with van der Waals surface area (Å²) < 4.78 is 39.5. The van der Waals surface area contributed by atoms with Crippen LogP contribution in [0.2, 0.25) is 0 Å².